The molecule has 0 amide bonds. The van der Waals surface area contributed by atoms with Gasteiger partial charge in [0.2, 0.25) is 0 Å². The van der Waals surface area contributed by atoms with Crippen LogP contribution in [0.4, 0.5) is 0 Å². The molecule has 2 N–H and O–H groups in total. The Bertz CT molecular complexity index is 876. The normalized spacial score (nSPS) is 14.3. The molecular weight excluding hydrogens is 302 g/mol. The zero-order valence-electron chi connectivity index (χ0n) is 14.8. The largest absolute Gasteiger partial charge is 0.326 e. The Balaban J connectivity index is 1.95. The number of hydrogen-bond acceptors (Lipinski definition) is 1. The molecule has 4 rings (SSSR count). The van der Waals surface area contributed by atoms with Gasteiger partial charge in [-0.1, -0.05) is 73.2 Å². The highest BCUT2D eigenvalue weighted by Crippen LogP contribution is 2.45. The lowest BCUT2D eigenvalue weighted by atomic mass is 9.75. The minimum atomic E-state index is 0.594. The van der Waals surface area contributed by atoms with E-state index in [0.717, 1.165) is 0 Å². The summed E-state index contributed by atoms with van der Waals surface area (Å²) >= 11 is 0. The first-order chi connectivity index (χ1) is 12.3. The van der Waals surface area contributed by atoms with E-state index >= 15 is 0 Å². The van der Waals surface area contributed by atoms with E-state index in [4.69, 9.17) is 5.73 Å². The Morgan fingerprint density at radius 2 is 1.68 bits per heavy atom. The molecule has 3 aromatic carbocycles. The second kappa shape index (κ2) is 6.85. The molecule has 1 nitrogen and oxygen atoms in total. The third kappa shape index (κ3) is 3.01. The van der Waals surface area contributed by atoms with Gasteiger partial charge in [-0.15, -0.1) is 0 Å². The molecule has 1 aliphatic carbocycles. The van der Waals surface area contributed by atoms with E-state index in [9.17, 15) is 0 Å². The van der Waals surface area contributed by atoms with Crippen LogP contribution in [0.15, 0.2) is 66.7 Å². The number of aryl methyl sites for hydroxylation is 1. The van der Waals surface area contributed by atoms with Gasteiger partial charge in [0.1, 0.15) is 0 Å². The van der Waals surface area contributed by atoms with E-state index in [2.05, 4.69) is 73.7 Å². The number of benzene rings is 3. The highest BCUT2D eigenvalue weighted by Gasteiger charge is 2.25. The van der Waals surface area contributed by atoms with Gasteiger partial charge >= 0.3 is 0 Å². The summed E-state index contributed by atoms with van der Waals surface area (Å²) in [7, 11) is 0. The highest BCUT2D eigenvalue weighted by molar-refractivity contribution is 5.87. The van der Waals surface area contributed by atoms with Gasteiger partial charge in [0.15, 0.2) is 0 Å². The van der Waals surface area contributed by atoms with Crippen LogP contribution in [0.5, 0.6) is 0 Å². The van der Waals surface area contributed by atoms with Gasteiger partial charge in [0.05, 0.1) is 0 Å². The molecule has 1 aliphatic rings. The summed E-state index contributed by atoms with van der Waals surface area (Å²) in [5, 5.41) is 0. The van der Waals surface area contributed by atoms with Gasteiger partial charge in [-0.25, -0.2) is 0 Å². The average molecular weight is 327 g/mol. The average Bonchev–Trinajstić information content (AvgIpc) is 2.61. The predicted molar refractivity (Wildman–Crippen MR) is 107 cm³/mol. The molecule has 0 aliphatic heterocycles. The van der Waals surface area contributed by atoms with Crippen molar-refractivity contribution in [1.29, 1.82) is 0 Å². The van der Waals surface area contributed by atoms with Crippen molar-refractivity contribution in [3.63, 3.8) is 0 Å². The lowest BCUT2D eigenvalue weighted by molar-refractivity contribution is 0.420. The second-order valence-corrected chi connectivity index (χ2v) is 7.12. The van der Waals surface area contributed by atoms with E-state index in [0.29, 0.717) is 12.5 Å². The summed E-state index contributed by atoms with van der Waals surface area (Å²) in [5.74, 6) is 0.701. The van der Waals surface area contributed by atoms with Crippen LogP contribution in [0, 0.1) is 6.92 Å². The standard InChI is InChI=1S/C24H25N/c1-17-15-18(16-25)13-14-21(17)24-22(19-7-3-2-4-8-19)11-6-12-23(24)20-9-5-10-20/h2-4,6-8,11-15,20H,5,9-10,16,25H2,1H3. The SMILES string of the molecule is Cc1cc(CN)ccc1-c1c(-c2ccccc2)cccc1C1CCC1. The minimum absolute atomic E-state index is 0.594. The van der Waals surface area contributed by atoms with Crippen LogP contribution in [-0.4, -0.2) is 0 Å². The van der Waals surface area contributed by atoms with Crippen molar-refractivity contribution in [2.45, 2.75) is 38.6 Å². The van der Waals surface area contributed by atoms with Crippen LogP contribution in [-0.2, 0) is 6.54 Å². The summed E-state index contributed by atoms with van der Waals surface area (Å²) in [6.45, 7) is 2.80. The number of rotatable bonds is 4. The quantitative estimate of drug-likeness (QED) is 0.619. The van der Waals surface area contributed by atoms with Crippen LogP contribution < -0.4 is 5.73 Å². The molecule has 1 fully saturated rings. The van der Waals surface area contributed by atoms with Crippen LogP contribution in [0.2, 0.25) is 0 Å². The zero-order valence-corrected chi connectivity index (χ0v) is 14.8. The molecule has 0 spiro atoms. The van der Waals surface area contributed by atoms with E-state index < -0.39 is 0 Å². The maximum Gasteiger partial charge on any atom is 0.0178 e. The third-order valence-electron chi connectivity index (χ3n) is 5.52. The topological polar surface area (TPSA) is 26.0 Å². The third-order valence-corrected chi connectivity index (χ3v) is 5.52. The van der Waals surface area contributed by atoms with Crippen molar-refractivity contribution in [3.05, 3.63) is 83.4 Å². The molecule has 0 saturated heterocycles. The molecule has 3 aromatic rings. The molecule has 0 unspecified atom stereocenters. The molecule has 0 heterocycles. The first kappa shape index (κ1) is 16.1. The van der Waals surface area contributed by atoms with Crippen molar-refractivity contribution in [2.75, 3.05) is 0 Å². The molecule has 1 saturated carbocycles. The van der Waals surface area contributed by atoms with E-state index in [1.54, 1.807) is 0 Å². The van der Waals surface area contributed by atoms with Gasteiger partial charge in [-0.05, 0) is 64.6 Å². The summed E-state index contributed by atoms with van der Waals surface area (Å²) in [5.41, 5.74) is 15.3. The van der Waals surface area contributed by atoms with Gasteiger partial charge in [0, 0.05) is 6.54 Å². The maximum atomic E-state index is 5.84. The predicted octanol–water partition coefficient (Wildman–Crippen LogP) is 6.06. The van der Waals surface area contributed by atoms with Gasteiger partial charge in [-0.2, -0.15) is 0 Å². The van der Waals surface area contributed by atoms with E-state index in [1.165, 1.54) is 58.2 Å². The van der Waals surface area contributed by atoms with Crippen molar-refractivity contribution in [1.82, 2.24) is 0 Å². The van der Waals surface area contributed by atoms with Crippen molar-refractivity contribution >= 4 is 0 Å². The van der Waals surface area contributed by atoms with Crippen LogP contribution in [0.3, 0.4) is 0 Å². The van der Waals surface area contributed by atoms with E-state index in [1.807, 2.05) is 0 Å². The van der Waals surface area contributed by atoms with Crippen molar-refractivity contribution < 1.29 is 0 Å². The molecule has 0 radical (unpaired) electrons. The van der Waals surface area contributed by atoms with Gasteiger partial charge in [-0.3, -0.25) is 0 Å². The van der Waals surface area contributed by atoms with Crippen LogP contribution in [0.25, 0.3) is 22.3 Å². The van der Waals surface area contributed by atoms with Gasteiger partial charge in [0.25, 0.3) is 0 Å². The molecule has 1 heteroatoms. The highest BCUT2D eigenvalue weighted by atomic mass is 14.5. The molecule has 0 aromatic heterocycles. The molecule has 126 valence electrons. The summed E-state index contributed by atoms with van der Waals surface area (Å²) in [6, 6.07) is 24.3. The molecular formula is C24H25N. The Morgan fingerprint density at radius 1 is 0.880 bits per heavy atom. The Morgan fingerprint density at radius 3 is 2.32 bits per heavy atom. The van der Waals surface area contributed by atoms with Crippen molar-refractivity contribution in [2.24, 2.45) is 5.73 Å². The Hall–Kier alpha value is -2.38. The first-order valence-electron chi connectivity index (χ1n) is 9.26. The van der Waals surface area contributed by atoms with Gasteiger partial charge < -0.3 is 5.73 Å². The monoisotopic (exact) mass is 327 g/mol. The fourth-order valence-electron chi connectivity index (χ4n) is 3.92. The number of hydrogen-bond donors (Lipinski definition) is 1. The summed E-state index contributed by atoms with van der Waals surface area (Å²) in [4.78, 5) is 0. The Labute approximate surface area is 150 Å². The summed E-state index contributed by atoms with van der Waals surface area (Å²) in [6.07, 6.45) is 3.97. The molecule has 25 heavy (non-hydrogen) atoms. The fraction of sp³-hybridized carbons (Fsp3) is 0.250. The lowest BCUT2D eigenvalue weighted by Gasteiger charge is -2.30. The van der Waals surface area contributed by atoms with Crippen LogP contribution in [0.1, 0.15) is 41.9 Å². The zero-order chi connectivity index (χ0) is 17.2. The maximum absolute atomic E-state index is 5.84. The number of nitrogens with two attached hydrogens (primary N) is 1. The molecule has 0 atom stereocenters. The first-order valence-corrected chi connectivity index (χ1v) is 9.26. The Kier molecular flexibility index (Phi) is 4.42. The van der Waals surface area contributed by atoms with E-state index in [-0.39, 0.29) is 0 Å². The van der Waals surface area contributed by atoms with Crippen LogP contribution >= 0.6 is 0 Å². The second-order valence-electron chi connectivity index (χ2n) is 7.12. The summed E-state index contributed by atoms with van der Waals surface area (Å²) < 4.78 is 0. The smallest absolute Gasteiger partial charge is 0.0178 e. The lowest BCUT2D eigenvalue weighted by Crippen LogP contribution is -2.11. The van der Waals surface area contributed by atoms with Crippen molar-refractivity contribution in [3.8, 4) is 22.3 Å². The minimum Gasteiger partial charge on any atom is -0.326 e. The fourth-order valence-corrected chi connectivity index (χ4v) is 3.92. The molecule has 0 bridgehead atoms.